The fraction of sp³-hybridized carbons (Fsp3) is 0.625. The third-order valence-electron chi connectivity index (χ3n) is 3.34. The number of methoxy groups -OCH3 is 3. The highest BCUT2D eigenvalue weighted by Gasteiger charge is 2.09. The highest BCUT2D eigenvalue weighted by molar-refractivity contribution is 9.10. The van der Waals surface area contributed by atoms with E-state index in [1.54, 1.807) is 21.3 Å². The Labute approximate surface area is 136 Å². The van der Waals surface area contributed by atoms with E-state index in [1.165, 1.54) is 18.4 Å². The maximum Gasteiger partial charge on any atom is 0.133 e. The minimum Gasteiger partial charge on any atom is -0.496 e. The molecule has 0 radical (unpaired) electrons. The van der Waals surface area contributed by atoms with Gasteiger partial charge in [-0.05, 0) is 59.4 Å². The SMILES string of the molecule is COCCNCCCCCc1cc(OC)c(Br)cc1OC. The highest BCUT2D eigenvalue weighted by atomic mass is 79.9. The van der Waals surface area contributed by atoms with Gasteiger partial charge in [-0.1, -0.05) is 6.42 Å². The average Bonchev–Trinajstić information content (AvgIpc) is 2.50. The summed E-state index contributed by atoms with van der Waals surface area (Å²) in [6, 6.07) is 4.03. The molecule has 0 spiro atoms. The van der Waals surface area contributed by atoms with E-state index in [0.29, 0.717) is 0 Å². The molecule has 5 heteroatoms. The summed E-state index contributed by atoms with van der Waals surface area (Å²) >= 11 is 3.48. The molecule has 21 heavy (non-hydrogen) atoms. The smallest absolute Gasteiger partial charge is 0.133 e. The van der Waals surface area contributed by atoms with Crippen LogP contribution in [0.1, 0.15) is 24.8 Å². The second kappa shape index (κ2) is 10.9. The number of hydrogen-bond acceptors (Lipinski definition) is 4. The van der Waals surface area contributed by atoms with Crippen molar-refractivity contribution in [3.63, 3.8) is 0 Å². The number of rotatable bonds is 11. The maximum absolute atomic E-state index is 5.44. The molecule has 0 atom stereocenters. The largest absolute Gasteiger partial charge is 0.496 e. The fourth-order valence-electron chi connectivity index (χ4n) is 2.16. The summed E-state index contributed by atoms with van der Waals surface area (Å²) in [4.78, 5) is 0. The van der Waals surface area contributed by atoms with E-state index in [2.05, 4.69) is 27.3 Å². The quantitative estimate of drug-likeness (QED) is 0.614. The van der Waals surface area contributed by atoms with E-state index in [9.17, 15) is 0 Å². The van der Waals surface area contributed by atoms with Crippen molar-refractivity contribution < 1.29 is 14.2 Å². The van der Waals surface area contributed by atoms with E-state index < -0.39 is 0 Å². The van der Waals surface area contributed by atoms with Gasteiger partial charge in [-0.2, -0.15) is 0 Å². The molecular formula is C16H26BrNO3. The van der Waals surface area contributed by atoms with E-state index in [-0.39, 0.29) is 0 Å². The van der Waals surface area contributed by atoms with Crippen LogP contribution in [0.25, 0.3) is 0 Å². The Morgan fingerprint density at radius 3 is 2.38 bits per heavy atom. The van der Waals surface area contributed by atoms with Crippen LogP contribution >= 0.6 is 15.9 Å². The van der Waals surface area contributed by atoms with Gasteiger partial charge < -0.3 is 19.5 Å². The fourth-order valence-corrected chi connectivity index (χ4v) is 2.64. The highest BCUT2D eigenvalue weighted by Crippen LogP contribution is 2.33. The Morgan fingerprint density at radius 1 is 0.952 bits per heavy atom. The number of ether oxygens (including phenoxy) is 3. The Kier molecular flexibility index (Phi) is 9.46. The van der Waals surface area contributed by atoms with Crippen LogP contribution in [-0.4, -0.2) is 41.0 Å². The topological polar surface area (TPSA) is 39.7 Å². The van der Waals surface area contributed by atoms with Crippen molar-refractivity contribution in [3.05, 3.63) is 22.2 Å². The summed E-state index contributed by atoms with van der Waals surface area (Å²) in [5.74, 6) is 1.77. The van der Waals surface area contributed by atoms with Gasteiger partial charge in [0, 0.05) is 13.7 Å². The van der Waals surface area contributed by atoms with Gasteiger partial charge in [-0.25, -0.2) is 0 Å². The lowest BCUT2D eigenvalue weighted by atomic mass is 10.1. The molecule has 4 nitrogen and oxygen atoms in total. The van der Waals surface area contributed by atoms with Gasteiger partial charge >= 0.3 is 0 Å². The number of unbranched alkanes of at least 4 members (excludes halogenated alkanes) is 2. The lowest BCUT2D eigenvalue weighted by Crippen LogP contribution is -2.20. The Bertz CT molecular complexity index is 413. The van der Waals surface area contributed by atoms with E-state index >= 15 is 0 Å². The molecule has 0 heterocycles. The summed E-state index contributed by atoms with van der Waals surface area (Å²) < 4.78 is 16.7. The first-order valence-electron chi connectivity index (χ1n) is 7.33. The molecule has 0 aliphatic heterocycles. The molecular weight excluding hydrogens is 334 g/mol. The first-order chi connectivity index (χ1) is 10.2. The molecule has 0 fully saturated rings. The summed E-state index contributed by atoms with van der Waals surface area (Å²) in [6.07, 6.45) is 4.53. The van der Waals surface area contributed by atoms with Crippen LogP contribution in [0.3, 0.4) is 0 Å². The molecule has 0 saturated carbocycles. The molecule has 1 N–H and O–H groups in total. The molecule has 0 aliphatic rings. The molecule has 0 saturated heterocycles. The first kappa shape index (κ1) is 18.3. The van der Waals surface area contributed by atoms with Gasteiger partial charge in [0.2, 0.25) is 0 Å². The summed E-state index contributed by atoms with van der Waals surface area (Å²) in [5, 5.41) is 3.36. The molecule has 120 valence electrons. The van der Waals surface area contributed by atoms with Crippen molar-refractivity contribution in [2.75, 3.05) is 41.0 Å². The van der Waals surface area contributed by atoms with Crippen molar-refractivity contribution in [1.29, 1.82) is 0 Å². The van der Waals surface area contributed by atoms with Crippen LogP contribution in [-0.2, 0) is 11.2 Å². The lowest BCUT2D eigenvalue weighted by molar-refractivity contribution is 0.199. The van der Waals surface area contributed by atoms with Crippen LogP contribution in [0.4, 0.5) is 0 Å². The number of hydrogen-bond donors (Lipinski definition) is 1. The monoisotopic (exact) mass is 359 g/mol. The van der Waals surface area contributed by atoms with Crippen molar-refractivity contribution in [2.24, 2.45) is 0 Å². The van der Waals surface area contributed by atoms with Crippen LogP contribution in [0.2, 0.25) is 0 Å². The van der Waals surface area contributed by atoms with Gasteiger partial charge in [0.15, 0.2) is 0 Å². The number of nitrogens with one attached hydrogen (secondary N) is 1. The van der Waals surface area contributed by atoms with Gasteiger partial charge in [0.1, 0.15) is 11.5 Å². The number of benzene rings is 1. The van der Waals surface area contributed by atoms with Gasteiger partial charge in [0.25, 0.3) is 0 Å². The molecule has 0 aromatic heterocycles. The minimum absolute atomic E-state index is 0.774. The third kappa shape index (κ3) is 6.68. The van der Waals surface area contributed by atoms with Crippen LogP contribution in [0.15, 0.2) is 16.6 Å². The normalized spacial score (nSPS) is 10.7. The molecule has 1 rings (SSSR count). The molecule has 0 aliphatic carbocycles. The Hall–Kier alpha value is -0.780. The standard InChI is InChI=1S/C16H26BrNO3/c1-19-10-9-18-8-6-4-5-7-13-11-16(21-3)14(17)12-15(13)20-2/h11-12,18H,4-10H2,1-3H3. The minimum atomic E-state index is 0.774. The van der Waals surface area contributed by atoms with Crippen LogP contribution < -0.4 is 14.8 Å². The van der Waals surface area contributed by atoms with E-state index in [1.807, 2.05) is 6.07 Å². The average molecular weight is 360 g/mol. The number of aryl methyl sites for hydroxylation is 1. The van der Waals surface area contributed by atoms with Gasteiger partial charge in [0.05, 0.1) is 25.3 Å². The van der Waals surface area contributed by atoms with Crippen molar-refractivity contribution >= 4 is 15.9 Å². The maximum atomic E-state index is 5.44. The Balaban J connectivity index is 2.34. The predicted octanol–water partition coefficient (Wildman–Crippen LogP) is 3.42. The zero-order valence-electron chi connectivity index (χ0n) is 13.2. The van der Waals surface area contributed by atoms with E-state index in [0.717, 1.165) is 48.5 Å². The Morgan fingerprint density at radius 2 is 1.71 bits per heavy atom. The molecule has 0 bridgehead atoms. The zero-order valence-corrected chi connectivity index (χ0v) is 14.8. The van der Waals surface area contributed by atoms with Gasteiger partial charge in [-0.15, -0.1) is 0 Å². The van der Waals surface area contributed by atoms with Crippen LogP contribution in [0, 0.1) is 0 Å². The second-order valence-corrected chi connectivity index (χ2v) is 5.71. The predicted molar refractivity (Wildman–Crippen MR) is 89.5 cm³/mol. The zero-order chi connectivity index (χ0) is 15.5. The van der Waals surface area contributed by atoms with Crippen molar-refractivity contribution in [2.45, 2.75) is 25.7 Å². The van der Waals surface area contributed by atoms with Crippen molar-refractivity contribution in [1.82, 2.24) is 5.32 Å². The first-order valence-corrected chi connectivity index (χ1v) is 8.12. The second-order valence-electron chi connectivity index (χ2n) is 4.85. The molecule has 0 unspecified atom stereocenters. The van der Waals surface area contributed by atoms with Crippen molar-refractivity contribution in [3.8, 4) is 11.5 Å². The molecule has 1 aromatic rings. The third-order valence-corrected chi connectivity index (χ3v) is 3.96. The summed E-state index contributed by atoms with van der Waals surface area (Å²) in [6.45, 7) is 2.74. The molecule has 0 amide bonds. The summed E-state index contributed by atoms with van der Waals surface area (Å²) in [7, 11) is 5.11. The lowest BCUT2D eigenvalue weighted by Gasteiger charge is -2.12. The van der Waals surface area contributed by atoms with Gasteiger partial charge in [-0.3, -0.25) is 0 Å². The number of halogens is 1. The summed E-state index contributed by atoms with van der Waals surface area (Å²) in [5.41, 5.74) is 1.20. The molecule has 1 aromatic carbocycles. The van der Waals surface area contributed by atoms with Crippen LogP contribution in [0.5, 0.6) is 11.5 Å². The van der Waals surface area contributed by atoms with E-state index in [4.69, 9.17) is 14.2 Å².